The number of carbonyl (C=O) groups is 1. The summed E-state index contributed by atoms with van der Waals surface area (Å²) in [4.78, 5) is 12.0. The summed E-state index contributed by atoms with van der Waals surface area (Å²) in [6.07, 6.45) is 3.26. The third-order valence-electron chi connectivity index (χ3n) is 4.23. The highest BCUT2D eigenvalue weighted by molar-refractivity contribution is 9.10. The number of hydrogen-bond acceptors (Lipinski definition) is 1. The van der Waals surface area contributed by atoms with Gasteiger partial charge in [-0.2, -0.15) is 0 Å². The van der Waals surface area contributed by atoms with E-state index in [0.29, 0.717) is 5.78 Å². The first kappa shape index (κ1) is 8.74. The first-order chi connectivity index (χ1) is 5.32. The number of halogens is 1. The van der Waals surface area contributed by atoms with Crippen LogP contribution in [0.1, 0.15) is 40.0 Å². The first-order valence-corrected chi connectivity index (χ1v) is 5.35. The number of carbonyl (C=O) groups excluding carboxylic acids is 1. The summed E-state index contributed by atoms with van der Waals surface area (Å²) >= 11 is 3.61. The molecule has 2 fully saturated rings. The normalized spacial score (nSPS) is 50.2. The molecule has 2 saturated carbocycles. The van der Waals surface area contributed by atoms with Crippen molar-refractivity contribution in [2.75, 3.05) is 0 Å². The highest BCUT2D eigenvalue weighted by Gasteiger charge is 2.66. The summed E-state index contributed by atoms with van der Waals surface area (Å²) in [7, 11) is 0. The average Bonchev–Trinajstić information content (AvgIpc) is 2.32. The maximum absolute atomic E-state index is 12.0. The Balaban J connectivity index is 2.51. The molecule has 2 rings (SSSR count). The van der Waals surface area contributed by atoms with Gasteiger partial charge in [-0.15, -0.1) is 0 Å². The molecule has 2 atom stereocenters. The Bertz CT molecular complexity index is 259. The van der Waals surface area contributed by atoms with Crippen LogP contribution in [0.4, 0.5) is 0 Å². The molecule has 2 heteroatoms. The van der Waals surface area contributed by atoms with E-state index in [4.69, 9.17) is 0 Å². The minimum absolute atomic E-state index is 0.116. The van der Waals surface area contributed by atoms with Crippen molar-refractivity contribution >= 4 is 21.7 Å². The Morgan fingerprint density at radius 3 is 2.08 bits per heavy atom. The average molecular weight is 231 g/mol. The van der Waals surface area contributed by atoms with Gasteiger partial charge in [0.1, 0.15) is 0 Å². The summed E-state index contributed by atoms with van der Waals surface area (Å²) in [6, 6.07) is 0. The Hall–Kier alpha value is 0.150. The van der Waals surface area contributed by atoms with Gasteiger partial charge in [0, 0.05) is 5.41 Å². The molecule has 0 heterocycles. The molecule has 0 spiro atoms. The fourth-order valence-corrected chi connectivity index (χ4v) is 4.14. The second-order valence-corrected chi connectivity index (χ2v) is 6.67. The van der Waals surface area contributed by atoms with Crippen LogP contribution in [-0.2, 0) is 4.79 Å². The van der Waals surface area contributed by atoms with E-state index in [1.165, 1.54) is 6.42 Å². The molecule has 0 aromatic carbocycles. The SMILES string of the molecule is CC1(C)C(=O)[C@]2(Br)CC[C@@]1(C)C2. The third-order valence-corrected chi connectivity index (χ3v) is 5.26. The molecule has 0 aliphatic heterocycles. The van der Waals surface area contributed by atoms with Crippen LogP contribution in [0, 0.1) is 10.8 Å². The van der Waals surface area contributed by atoms with E-state index < -0.39 is 0 Å². The monoisotopic (exact) mass is 230 g/mol. The molecule has 0 amide bonds. The lowest BCUT2D eigenvalue weighted by atomic mass is 9.66. The predicted molar refractivity (Wildman–Crippen MR) is 52.4 cm³/mol. The highest BCUT2D eigenvalue weighted by Crippen LogP contribution is 2.66. The molecular formula is C10H15BrO. The lowest BCUT2D eigenvalue weighted by Crippen LogP contribution is -2.41. The quantitative estimate of drug-likeness (QED) is 0.586. The number of rotatable bonds is 0. The molecule has 1 nitrogen and oxygen atoms in total. The van der Waals surface area contributed by atoms with Crippen LogP contribution in [0.15, 0.2) is 0 Å². The van der Waals surface area contributed by atoms with Gasteiger partial charge < -0.3 is 0 Å². The molecule has 2 aliphatic carbocycles. The van der Waals surface area contributed by atoms with Crippen molar-refractivity contribution in [2.45, 2.75) is 44.4 Å². The van der Waals surface area contributed by atoms with Gasteiger partial charge in [-0.25, -0.2) is 0 Å². The van der Waals surface area contributed by atoms with Crippen molar-refractivity contribution in [2.24, 2.45) is 10.8 Å². The molecule has 0 saturated heterocycles. The first-order valence-electron chi connectivity index (χ1n) is 4.56. The lowest BCUT2D eigenvalue weighted by molar-refractivity contribution is -0.131. The van der Waals surface area contributed by atoms with Gasteiger partial charge >= 0.3 is 0 Å². The topological polar surface area (TPSA) is 17.1 Å². The van der Waals surface area contributed by atoms with E-state index in [0.717, 1.165) is 12.8 Å². The van der Waals surface area contributed by atoms with Crippen LogP contribution in [0.2, 0.25) is 0 Å². The molecule has 0 unspecified atom stereocenters. The Kier molecular flexibility index (Phi) is 1.43. The van der Waals surface area contributed by atoms with Gasteiger partial charge in [0.2, 0.25) is 0 Å². The molecule has 68 valence electrons. The summed E-state index contributed by atoms with van der Waals surface area (Å²) in [6.45, 7) is 6.44. The standard InChI is InChI=1S/C10H15BrO/c1-8(2)7(12)10(11)5-4-9(8,3)6-10/h4-6H2,1-3H3/t9-,10-/m0/s1. The molecule has 0 aromatic heterocycles. The molecule has 2 bridgehead atoms. The molecule has 2 aliphatic rings. The van der Waals surface area contributed by atoms with E-state index in [2.05, 4.69) is 36.7 Å². The van der Waals surface area contributed by atoms with Gasteiger partial charge in [-0.3, -0.25) is 4.79 Å². The molecule has 12 heavy (non-hydrogen) atoms. The number of hydrogen-bond donors (Lipinski definition) is 0. The highest BCUT2D eigenvalue weighted by atomic mass is 79.9. The second kappa shape index (κ2) is 1.97. The van der Waals surface area contributed by atoms with Gasteiger partial charge in [0.15, 0.2) is 5.78 Å². The predicted octanol–water partition coefficient (Wildman–Crippen LogP) is 2.92. The van der Waals surface area contributed by atoms with Crippen LogP contribution in [0.25, 0.3) is 0 Å². The molecule has 0 N–H and O–H groups in total. The Morgan fingerprint density at radius 1 is 1.25 bits per heavy atom. The van der Waals surface area contributed by atoms with Crippen molar-refractivity contribution in [3.8, 4) is 0 Å². The summed E-state index contributed by atoms with van der Waals surface area (Å²) in [5, 5.41) is 0. The Morgan fingerprint density at radius 2 is 1.83 bits per heavy atom. The van der Waals surface area contributed by atoms with Crippen molar-refractivity contribution in [3.05, 3.63) is 0 Å². The van der Waals surface area contributed by atoms with Crippen LogP contribution in [0.3, 0.4) is 0 Å². The number of Topliss-reactive ketones (excluding diaryl/α,β-unsaturated/α-hetero) is 1. The minimum Gasteiger partial charge on any atom is -0.297 e. The molecule has 0 aromatic rings. The summed E-state index contributed by atoms with van der Waals surface area (Å²) < 4.78 is -0.161. The largest absolute Gasteiger partial charge is 0.297 e. The van der Waals surface area contributed by atoms with Crippen molar-refractivity contribution in [1.29, 1.82) is 0 Å². The fourth-order valence-electron chi connectivity index (χ4n) is 2.83. The molecule has 0 radical (unpaired) electrons. The van der Waals surface area contributed by atoms with E-state index >= 15 is 0 Å². The maximum Gasteiger partial charge on any atom is 0.155 e. The molecular weight excluding hydrogens is 216 g/mol. The zero-order valence-corrected chi connectivity index (χ0v) is 9.49. The van der Waals surface area contributed by atoms with Crippen LogP contribution in [0.5, 0.6) is 0 Å². The smallest absolute Gasteiger partial charge is 0.155 e. The summed E-state index contributed by atoms with van der Waals surface area (Å²) in [5.74, 6) is 0.420. The van der Waals surface area contributed by atoms with E-state index in [-0.39, 0.29) is 15.2 Å². The summed E-state index contributed by atoms with van der Waals surface area (Å²) in [5.41, 5.74) is 0.127. The van der Waals surface area contributed by atoms with Gasteiger partial charge in [-0.05, 0) is 24.7 Å². The van der Waals surface area contributed by atoms with Crippen molar-refractivity contribution < 1.29 is 4.79 Å². The van der Waals surface area contributed by atoms with Crippen LogP contribution >= 0.6 is 15.9 Å². The minimum atomic E-state index is -0.161. The van der Waals surface area contributed by atoms with Crippen molar-refractivity contribution in [3.63, 3.8) is 0 Å². The number of alkyl halides is 1. The number of ketones is 1. The van der Waals surface area contributed by atoms with E-state index in [9.17, 15) is 4.79 Å². The van der Waals surface area contributed by atoms with E-state index in [1.807, 2.05) is 0 Å². The maximum atomic E-state index is 12.0. The van der Waals surface area contributed by atoms with Crippen LogP contribution in [-0.4, -0.2) is 10.1 Å². The van der Waals surface area contributed by atoms with Gasteiger partial charge in [0.05, 0.1) is 4.32 Å². The van der Waals surface area contributed by atoms with Crippen LogP contribution < -0.4 is 0 Å². The van der Waals surface area contributed by atoms with Gasteiger partial charge in [0.25, 0.3) is 0 Å². The Labute approximate surface area is 82.0 Å². The zero-order valence-electron chi connectivity index (χ0n) is 7.91. The fraction of sp³-hybridized carbons (Fsp3) is 0.900. The van der Waals surface area contributed by atoms with E-state index in [1.54, 1.807) is 0 Å². The lowest BCUT2D eigenvalue weighted by Gasteiger charge is -2.38. The number of fused-ring (bicyclic) bond motifs is 2. The van der Waals surface area contributed by atoms with Gasteiger partial charge in [-0.1, -0.05) is 36.7 Å². The second-order valence-electron chi connectivity index (χ2n) is 5.16. The zero-order chi connectivity index (χ0) is 9.20. The third kappa shape index (κ3) is 0.729. The van der Waals surface area contributed by atoms with Crippen molar-refractivity contribution in [1.82, 2.24) is 0 Å².